The number of para-hydroxylation sites is 1. The van der Waals surface area contributed by atoms with Crippen LogP contribution in [0.5, 0.6) is 5.75 Å². The molecule has 0 saturated carbocycles. The van der Waals surface area contributed by atoms with E-state index in [1.165, 1.54) is 12.0 Å². The minimum Gasteiger partial charge on any atom is -0.496 e. The molecule has 5 nitrogen and oxygen atoms in total. The van der Waals surface area contributed by atoms with Gasteiger partial charge in [0.15, 0.2) is 0 Å². The van der Waals surface area contributed by atoms with Crippen molar-refractivity contribution in [2.24, 2.45) is 0 Å². The van der Waals surface area contributed by atoms with Crippen LogP contribution in [0.4, 0.5) is 5.69 Å². The predicted octanol–water partition coefficient (Wildman–Crippen LogP) is 3.71. The first-order chi connectivity index (χ1) is 11.4. The number of amides is 2. The van der Waals surface area contributed by atoms with Crippen molar-refractivity contribution in [2.45, 2.75) is 0 Å². The van der Waals surface area contributed by atoms with E-state index in [4.69, 9.17) is 27.9 Å². The summed E-state index contributed by atoms with van der Waals surface area (Å²) in [4.78, 5) is 25.8. The van der Waals surface area contributed by atoms with Gasteiger partial charge in [-0.25, -0.2) is 0 Å². The Hall–Kier alpha value is -2.24. The van der Waals surface area contributed by atoms with Gasteiger partial charge in [0.05, 0.1) is 29.3 Å². The first-order valence-corrected chi connectivity index (χ1v) is 7.81. The maximum atomic E-state index is 12.4. The number of rotatable bonds is 5. The number of carbonyl (C=O) groups excluding carboxylic acids is 2. The standard InChI is InChI=1S/C17H16Cl2N2O3/c1-21(17(23)12-5-3-4-6-15(12)24-2)10-16(22)20-11-7-8-13(18)14(19)9-11/h3-9H,10H2,1-2H3,(H,20,22). The van der Waals surface area contributed by atoms with Crippen LogP contribution in [0.3, 0.4) is 0 Å². The molecule has 0 heterocycles. The molecule has 0 radical (unpaired) electrons. The SMILES string of the molecule is COc1ccccc1C(=O)N(C)CC(=O)Nc1ccc(Cl)c(Cl)c1. The molecule has 0 atom stereocenters. The molecule has 0 aliphatic carbocycles. The van der Waals surface area contributed by atoms with Crippen molar-refractivity contribution in [3.8, 4) is 5.75 Å². The summed E-state index contributed by atoms with van der Waals surface area (Å²) in [6.07, 6.45) is 0. The third-order valence-corrected chi connectivity index (χ3v) is 4.01. The van der Waals surface area contributed by atoms with Crippen molar-refractivity contribution >= 4 is 40.7 Å². The number of ether oxygens (including phenoxy) is 1. The monoisotopic (exact) mass is 366 g/mol. The molecule has 0 spiro atoms. The van der Waals surface area contributed by atoms with E-state index < -0.39 is 0 Å². The van der Waals surface area contributed by atoms with Gasteiger partial charge in [0.25, 0.3) is 5.91 Å². The first-order valence-electron chi connectivity index (χ1n) is 7.05. The van der Waals surface area contributed by atoms with Gasteiger partial charge < -0.3 is 15.0 Å². The van der Waals surface area contributed by atoms with E-state index in [-0.39, 0.29) is 18.4 Å². The van der Waals surface area contributed by atoms with E-state index in [9.17, 15) is 9.59 Å². The summed E-state index contributed by atoms with van der Waals surface area (Å²) in [6.45, 7) is -0.114. The average molecular weight is 367 g/mol. The third kappa shape index (κ3) is 4.40. The Morgan fingerprint density at radius 2 is 1.83 bits per heavy atom. The van der Waals surface area contributed by atoms with Crippen molar-refractivity contribution < 1.29 is 14.3 Å². The highest BCUT2D eigenvalue weighted by Crippen LogP contribution is 2.25. The van der Waals surface area contributed by atoms with Crippen LogP contribution in [-0.2, 0) is 4.79 Å². The summed E-state index contributed by atoms with van der Waals surface area (Å²) < 4.78 is 5.17. The molecule has 0 aliphatic heterocycles. The van der Waals surface area contributed by atoms with Gasteiger partial charge in [0.1, 0.15) is 5.75 Å². The molecular formula is C17H16Cl2N2O3. The van der Waals surface area contributed by atoms with Gasteiger partial charge >= 0.3 is 0 Å². The number of carbonyl (C=O) groups is 2. The normalized spacial score (nSPS) is 10.2. The average Bonchev–Trinajstić information content (AvgIpc) is 2.57. The topological polar surface area (TPSA) is 58.6 Å². The van der Waals surface area contributed by atoms with Crippen LogP contribution >= 0.6 is 23.2 Å². The van der Waals surface area contributed by atoms with Crippen molar-refractivity contribution in [3.05, 3.63) is 58.1 Å². The molecule has 0 unspecified atom stereocenters. The van der Waals surface area contributed by atoms with E-state index >= 15 is 0 Å². The summed E-state index contributed by atoms with van der Waals surface area (Å²) in [5, 5.41) is 3.41. The van der Waals surface area contributed by atoms with Crippen molar-refractivity contribution in [3.63, 3.8) is 0 Å². The third-order valence-electron chi connectivity index (χ3n) is 3.27. The predicted molar refractivity (Wildman–Crippen MR) is 95.0 cm³/mol. The van der Waals surface area contributed by atoms with Crippen LogP contribution in [0, 0.1) is 0 Å². The fourth-order valence-electron chi connectivity index (χ4n) is 2.09. The largest absolute Gasteiger partial charge is 0.496 e. The molecule has 2 rings (SSSR count). The van der Waals surface area contributed by atoms with Crippen molar-refractivity contribution in [1.29, 1.82) is 0 Å². The molecule has 24 heavy (non-hydrogen) atoms. The number of likely N-dealkylation sites (N-methyl/N-ethyl adjacent to an activating group) is 1. The van der Waals surface area contributed by atoms with Gasteiger partial charge in [0.2, 0.25) is 5.91 Å². The summed E-state index contributed by atoms with van der Waals surface area (Å²) >= 11 is 11.7. The highest BCUT2D eigenvalue weighted by atomic mass is 35.5. The van der Waals surface area contributed by atoms with E-state index in [2.05, 4.69) is 5.32 Å². The van der Waals surface area contributed by atoms with Crippen LogP contribution in [0.2, 0.25) is 10.0 Å². The lowest BCUT2D eigenvalue weighted by atomic mass is 10.2. The zero-order valence-electron chi connectivity index (χ0n) is 13.2. The van der Waals surface area contributed by atoms with E-state index in [1.807, 2.05) is 0 Å². The molecule has 2 aromatic carbocycles. The molecule has 0 aliphatic rings. The van der Waals surface area contributed by atoms with Crippen molar-refractivity contribution in [1.82, 2.24) is 4.90 Å². The molecule has 0 aromatic heterocycles. The van der Waals surface area contributed by atoms with Gasteiger partial charge in [0, 0.05) is 12.7 Å². The minimum atomic E-state index is -0.348. The summed E-state index contributed by atoms with van der Waals surface area (Å²) in [7, 11) is 3.03. The van der Waals surface area contributed by atoms with Crippen LogP contribution in [0.1, 0.15) is 10.4 Å². The van der Waals surface area contributed by atoms with Crippen LogP contribution in [-0.4, -0.2) is 37.4 Å². The fraction of sp³-hybridized carbons (Fsp3) is 0.176. The first kappa shape index (κ1) is 18.1. The second-order valence-electron chi connectivity index (χ2n) is 5.04. The molecule has 126 valence electrons. The lowest BCUT2D eigenvalue weighted by molar-refractivity contribution is -0.116. The Balaban J connectivity index is 2.02. The Morgan fingerprint density at radius 1 is 1.12 bits per heavy atom. The fourth-order valence-corrected chi connectivity index (χ4v) is 2.39. The quantitative estimate of drug-likeness (QED) is 0.877. The summed E-state index contributed by atoms with van der Waals surface area (Å²) in [5.74, 6) is -0.199. The zero-order chi connectivity index (χ0) is 17.7. The molecule has 0 saturated heterocycles. The number of methoxy groups -OCH3 is 1. The van der Waals surface area contributed by atoms with E-state index in [0.717, 1.165) is 0 Å². The van der Waals surface area contributed by atoms with Crippen LogP contribution in [0.15, 0.2) is 42.5 Å². The molecule has 2 aromatic rings. The van der Waals surface area contributed by atoms with Crippen molar-refractivity contribution in [2.75, 3.05) is 26.0 Å². The Kier molecular flexibility index (Phi) is 6.06. The van der Waals surface area contributed by atoms with E-state index in [0.29, 0.717) is 27.0 Å². The van der Waals surface area contributed by atoms with Crippen LogP contribution < -0.4 is 10.1 Å². The maximum Gasteiger partial charge on any atom is 0.257 e. The molecule has 0 bridgehead atoms. The molecular weight excluding hydrogens is 351 g/mol. The second-order valence-corrected chi connectivity index (χ2v) is 5.85. The van der Waals surface area contributed by atoms with E-state index in [1.54, 1.807) is 49.5 Å². The molecule has 7 heteroatoms. The lowest BCUT2D eigenvalue weighted by Gasteiger charge is -2.18. The highest BCUT2D eigenvalue weighted by molar-refractivity contribution is 6.42. The summed E-state index contributed by atoms with van der Waals surface area (Å²) in [6, 6.07) is 11.6. The van der Waals surface area contributed by atoms with Gasteiger partial charge in [-0.1, -0.05) is 35.3 Å². The number of nitrogens with zero attached hydrogens (tertiary/aromatic N) is 1. The zero-order valence-corrected chi connectivity index (χ0v) is 14.7. The van der Waals surface area contributed by atoms with Gasteiger partial charge in [-0.15, -0.1) is 0 Å². The van der Waals surface area contributed by atoms with Gasteiger partial charge in [-0.05, 0) is 30.3 Å². The number of hydrogen-bond acceptors (Lipinski definition) is 3. The number of benzene rings is 2. The number of anilines is 1. The van der Waals surface area contributed by atoms with Gasteiger partial charge in [-0.3, -0.25) is 9.59 Å². The van der Waals surface area contributed by atoms with Crippen LogP contribution in [0.25, 0.3) is 0 Å². The number of halogens is 2. The Labute approximate surface area is 150 Å². The Morgan fingerprint density at radius 3 is 2.50 bits per heavy atom. The highest BCUT2D eigenvalue weighted by Gasteiger charge is 2.18. The minimum absolute atomic E-state index is 0.114. The van der Waals surface area contributed by atoms with Gasteiger partial charge in [-0.2, -0.15) is 0 Å². The molecule has 0 fully saturated rings. The maximum absolute atomic E-state index is 12.4. The smallest absolute Gasteiger partial charge is 0.257 e. The molecule has 2 amide bonds. The summed E-state index contributed by atoms with van der Waals surface area (Å²) in [5.41, 5.74) is 0.900. The second kappa shape index (κ2) is 8.04. The molecule has 1 N–H and O–H groups in total. The Bertz CT molecular complexity index is 765. The number of hydrogen-bond donors (Lipinski definition) is 1. The lowest BCUT2D eigenvalue weighted by Crippen LogP contribution is -2.35. The number of nitrogens with one attached hydrogen (secondary N) is 1.